The highest BCUT2D eigenvalue weighted by Gasteiger charge is 2.43. The van der Waals surface area contributed by atoms with Crippen molar-refractivity contribution in [1.29, 1.82) is 0 Å². The van der Waals surface area contributed by atoms with Crippen LogP contribution in [0.2, 0.25) is 0 Å². The van der Waals surface area contributed by atoms with Crippen molar-refractivity contribution in [2.24, 2.45) is 14.1 Å². The van der Waals surface area contributed by atoms with Gasteiger partial charge in [0.15, 0.2) is 5.78 Å². The molecule has 0 unspecified atom stereocenters. The Balaban J connectivity index is 1.92. The summed E-state index contributed by atoms with van der Waals surface area (Å²) in [5, 5.41) is 3.24. The smallest absolute Gasteiger partial charge is 0.332 e. The second-order valence-corrected chi connectivity index (χ2v) is 8.07. The Kier molecular flexibility index (Phi) is 3.79. The van der Waals surface area contributed by atoms with Gasteiger partial charge >= 0.3 is 5.69 Å². The highest BCUT2D eigenvalue weighted by molar-refractivity contribution is 9.10. The van der Waals surface area contributed by atoms with Crippen LogP contribution in [0.15, 0.2) is 68.2 Å². The molecule has 0 fully saturated rings. The van der Waals surface area contributed by atoms with Crippen LogP contribution in [-0.4, -0.2) is 14.9 Å². The van der Waals surface area contributed by atoms with Crippen molar-refractivity contribution < 1.29 is 4.79 Å². The van der Waals surface area contributed by atoms with Gasteiger partial charge in [-0.25, -0.2) is 4.79 Å². The predicted octanol–water partition coefficient (Wildman–Crippen LogP) is 3.01. The first-order valence-corrected chi connectivity index (χ1v) is 9.90. The molecular formula is C22H16BrN3O3. The molecule has 0 saturated carbocycles. The Labute approximate surface area is 174 Å². The number of nitrogens with zero attached hydrogens (tertiary/aromatic N) is 2. The lowest BCUT2D eigenvalue weighted by Crippen LogP contribution is -2.42. The summed E-state index contributed by atoms with van der Waals surface area (Å²) in [6.45, 7) is 0. The molecule has 0 amide bonds. The average Bonchev–Trinajstić information content (AvgIpc) is 3.02. The maximum atomic E-state index is 13.4. The number of allylic oxidation sites excluding steroid dienone is 1. The first kappa shape index (κ1) is 17.9. The number of benzene rings is 2. The van der Waals surface area contributed by atoms with Gasteiger partial charge in [0, 0.05) is 35.3 Å². The predicted molar refractivity (Wildman–Crippen MR) is 114 cm³/mol. The summed E-state index contributed by atoms with van der Waals surface area (Å²) in [4.78, 5) is 39.2. The molecule has 7 heteroatoms. The second-order valence-electron chi connectivity index (χ2n) is 7.21. The van der Waals surface area contributed by atoms with E-state index >= 15 is 0 Å². The number of aromatic nitrogens is 2. The SMILES string of the molecule is Cn1c2c(c(=O)n(C)c1=O)[C@H](c1ccccc1Br)C1=C(N2)c2ccccc2C1=O. The van der Waals surface area contributed by atoms with Gasteiger partial charge in [0.1, 0.15) is 5.82 Å². The fourth-order valence-electron chi connectivity index (χ4n) is 4.28. The number of rotatable bonds is 1. The Bertz CT molecular complexity index is 1380. The number of hydrogen-bond acceptors (Lipinski definition) is 4. The van der Waals surface area contributed by atoms with E-state index in [-0.39, 0.29) is 5.78 Å². The van der Waals surface area contributed by atoms with Crippen LogP contribution in [0.25, 0.3) is 5.70 Å². The summed E-state index contributed by atoms with van der Waals surface area (Å²) in [6.07, 6.45) is 0. The summed E-state index contributed by atoms with van der Waals surface area (Å²) in [5.74, 6) is -0.283. The molecule has 0 bridgehead atoms. The van der Waals surface area contributed by atoms with E-state index in [4.69, 9.17) is 0 Å². The monoisotopic (exact) mass is 449 g/mol. The van der Waals surface area contributed by atoms with Gasteiger partial charge in [-0.3, -0.25) is 18.7 Å². The van der Waals surface area contributed by atoms with Crippen LogP contribution in [0.4, 0.5) is 5.82 Å². The van der Waals surface area contributed by atoms with Crippen LogP contribution in [0.5, 0.6) is 0 Å². The van der Waals surface area contributed by atoms with E-state index in [2.05, 4.69) is 21.2 Å². The summed E-state index contributed by atoms with van der Waals surface area (Å²) >= 11 is 3.58. The van der Waals surface area contributed by atoms with Gasteiger partial charge in [0.25, 0.3) is 5.56 Å². The lowest BCUT2D eigenvalue weighted by molar-refractivity contribution is 0.103. The van der Waals surface area contributed by atoms with Crippen LogP contribution in [0.3, 0.4) is 0 Å². The van der Waals surface area contributed by atoms with Gasteiger partial charge in [-0.05, 0) is 11.6 Å². The van der Waals surface area contributed by atoms with E-state index in [1.165, 1.54) is 11.6 Å². The molecule has 5 rings (SSSR count). The van der Waals surface area contributed by atoms with Gasteiger partial charge < -0.3 is 5.32 Å². The van der Waals surface area contributed by atoms with Gasteiger partial charge in [0.05, 0.1) is 17.2 Å². The van der Waals surface area contributed by atoms with Crippen molar-refractivity contribution in [3.05, 3.63) is 102 Å². The summed E-state index contributed by atoms with van der Waals surface area (Å²) < 4.78 is 3.31. The Morgan fingerprint density at radius 1 is 0.897 bits per heavy atom. The zero-order chi connectivity index (χ0) is 20.4. The van der Waals surface area contributed by atoms with Gasteiger partial charge in [-0.1, -0.05) is 58.4 Å². The van der Waals surface area contributed by atoms with Crippen LogP contribution < -0.4 is 16.6 Å². The molecule has 6 nitrogen and oxygen atoms in total. The van der Waals surface area contributed by atoms with E-state index in [1.807, 2.05) is 42.5 Å². The molecule has 0 spiro atoms. The van der Waals surface area contributed by atoms with Crippen LogP contribution in [0.1, 0.15) is 33.0 Å². The van der Waals surface area contributed by atoms with Crippen LogP contribution >= 0.6 is 15.9 Å². The Morgan fingerprint density at radius 3 is 2.28 bits per heavy atom. The van der Waals surface area contributed by atoms with Crippen molar-refractivity contribution in [3.63, 3.8) is 0 Å². The number of ketones is 1. The summed E-state index contributed by atoms with van der Waals surface area (Å²) in [6, 6.07) is 14.9. The molecule has 1 aliphatic heterocycles. The molecule has 1 atom stereocenters. The number of fused-ring (bicyclic) bond motifs is 3. The molecule has 1 aliphatic carbocycles. The molecule has 0 saturated heterocycles. The van der Waals surface area contributed by atoms with Crippen molar-refractivity contribution in [1.82, 2.24) is 9.13 Å². The van der Waals surface area contributed by atoms with Gasteiger partial charge in [0.2, 0.25) is 0 Å². The molecule has 144 valence electrons. The number of carbonyl (C=O) groups is 1. The van der Waals surface area contributed by atoms with E-state index in [0.29, 0.717) is 28.2 Å². The molecule has 0 radical (unpaired) electrons. The molecular weight excluding hydrogens is 434 g/mol. The Hall–Kier alpha value is -3.19. The zero-order valence-corrected chi connectivity index (χ0v) is 17.3. The van der Waals surface area contributed by atoms with Crippen molar-refractivity contribution in [2.45, 2.75) is 5.92 Å². The standard InChI is InChI=1S/C22H16BrN3O3/c1-25-20-17(21(28)26(2)22(25)29)15(13-9-5-6-10-14(13)23)16-18(24-20)11-7-3-4-8-12(11)19(16)27/h3-10,15,24H,1-2H3/t15-/m1/s1. The van der Waals surface area contributed by atoms with Crippen LogP contribution in [-0.2, 0) is 14.1 Å². The summed E-state index contributed by atoms with van der Waals surface area (Å²) in [5.41, 5.74) is 2.92. The molecule has 29 heavy (non-hydrogen) atoms. The number of halogens is 1. The fraction of sp³-hybridized carbons (Fsp3) is 0.136. The number of Topliss-reactive ketones (excluding diaryl/α,β-unsaturated/α-hetero) is 1. The third-order valence-corrected chi connectivity index (χ3v) is 6.41. The molecule has 3 aromatic rings. The molecule has 2 aliphatic rings. The van der Waals surface area contributed by atoms with E-state index in [1.54, 1.807) is 13.1 Å². The van der Waals surface area contributed by atoms with Gasteiger partial charge in [-0.15, -0.1) is 0 Å². The van der Waals surface area contributed by atoms with Crippen LogP contribution in [0, 0.1) is 0 Å². The summed E-state index contributed by atoms with van der Waals surface area (Å²) in [7, 11) is 3.08. The van der Waals surface area contributed by atoms with Crippen molar-refractivity contribution in [2.75, 3.05) is 5.32 Å². The highest BCUT2D eigenvalue weighted by atomic mass is 79.9. The molecule has 2 aromatic carbocycles. The van der Waals surface area contributed by atoms with E-state index in [0.717, 1.165) is 20.2 Å². The van der Waals surface area contributed by atoms with E-state index in [9.17, 15) is 14.4 Å². The number of carbonyl (C=O) groups excluding carboxylic acids is 1. The third-order valence-electron chi connectivity index (χ3n) is 5.69. The number of nitrogens with one attached hydrogen (secondary N) is 1. The minimum Gasteiger partial charge on any atom is -0.340 e. The lowest BCUT2D eigenvalue weighted by Gasteiger charge is -2.30. The molecule has 1 N–H and O–H groups in total. The normalized spacial score (nSPS) is 16.9. The number of hydrogen-bond donors (Lipinski definition) is 1. The molecule has 1 aromatic heterocycles. The second kappa shape index (κ2) is 6.15. The van der Waals surface area contributed by atoms with E-state index < -0.39 is 17.2 Å². The zero-order valence-electron chi connectivity index (χ0n) is 15.7. The van der Waals surface area contributed by atoms with Gasteiger partial charge in [-0.2, -0.15) is 0 Å². The maximum Gasteiger partial charge on any atom is 0.332 e. The lowest BCUT2D eigenvalue weighted by atomic mass is 9.81. The fourth-order valence-corrected chi connectivity index (χ4v) is 4.79. The average molecular weight is 450 g/mol. The minimum absolute atomic E-state index is 0.106. The topological polar surface area (TPSA) is 73.1 Å². The van der Waals surface area contributed by atoms with Crippen molar-refractivity contribution >= 4 is 33.2 Å². The minimum atomic E-state index is -0.595. The maximum absolute atomic E-state index is 13.4. The largest absolute Gasteiger partial charge is 0.340 e. The number of anilines is 1. The highest BCUT2D eigenvalue weighted by Crippen LogP contribution is 2.48. The van der Waals surface area contributed by atoms with Crippen molar-refractivity contribution in [3.8, 4) is 0 Å². The first-order chi connectivity index (χ1) is 13.9. The quantitative estimate of drug-likeness (QED) is 0.619. The Morgan fingerprint density at radius 2 is 1.55 bits per heavy atom. The molecule has 2 heterocycles. The third kappa shape index (κ3) is 2.31. The first-order valence-electron chi connectivity index (χ1n) is 9.11.